The number of hydrogen-bond donors (Lipinski definition) is 1. The number of carbonyl (C=O) groups is 2. The highest BCUT2D eigenvalue weighted by atomic mass is 32.2. The fourth-order valence-corrected chi connectivity index (χ4v) is 4.81. The van der Waals surface area contributed by atoms with Gasteiger partial charge in [-0.2, -0.15) is 13.2 Å². The monoisotopic (exact) mass is 470 g/mol. The second-order valence-electron chi connectivity index (χ2n) is 7.67. The third kappa shape index (κ3) is 5.57. The Kier molecular flexibility index (Phi) is 6.74. The number of nitrogens with zero attached hydrogens (tertiary/aromatic N) is 1. The molecule has 1 atom stereocenters. The van der Waals surface area contributed by atoms with Gasteiger partial charge in [0.2, 0.25) is 5.91 Å². The molecule has 0 saturated carbocycles. The summed E-state index contributed by atoms with van der Waals surface area (Å²) in [5, 5.41) is 2.52. The van der Waals surface area contributed by atoms with Crippen molar-refractivity contribution in [2.75, 3.05) is 5.75 Å². The first-order chi connectivity index (χ1) is 15.8. The van der Waals surface area contributed by atoms with E-state index in [9.17, 15) is 22.8 Å². The number of rotatable bonds is 6. The Morgan fingerprint density at radius 1 is 0.970 bits per heavy atom. The van der Waals surface area contributed by atoms with Crippen molar-refractivity contribution in [3.8, 4) is 0 Å². The van der Waals surface area contributed by atoms with E-state index in [1.54, 1.807) is 12.1 Å². The topological polar surface area (TPSA) is 49.4 Å². The van der Waals surface area contributed by atoms with Gasteiger partial charge in [-0.3, -0.25) is 9.59 Å². The first-order valence-corrected chi connectivity index (χ1v) is 11.4. The first kappa shape index (κ1) is 22.9. The van der Waals surface area contributed by atoms with Crippen LogP contribution >= 0.6 is 11.8 Å². The van der Waals surface area contributed by atoms with Crippen LogP contribution < -0.4 is 5.32 Å². The molecule has 1 heterocycles. The summed E-state index contributed by atoms with van der Waals surface area (Å²) >= 11 is 1.54. The van der Waals surface area contributed by atoms with Crippen molar-refractivity contribution >= 4 is 23.6 Å². The van der Waals surface area contributed by atoms with E-state index in [0.717, 1.165) is 23.3 Å². The van der Waals surface area contributed by atoms with Crippen molar-refractivity contribution in [3.63, 3.8) is 0 Å². The minimum atomic E-state index is -4.43. The Balaban J connectivity index is 1.40. The summed E-state index contributed by atoms with van der Waals surface area (Å²) in [6, 6.07) is 21.6. The van der Waals surface area contributed by atoms with Crippen LogP contribution in [0.3, 0.4) is 0 Å². The molecule has 3 aromatic carbocycles. The predicted octanol–water partition coefficient (Wildman–Crippen LogP) is 5.41. The van der Waals surface area contributed by atoms with Crippen molar-refractivity contribution in [1.82, 2.24) is 10.2 Å². The highest BCUT2D eigenvalue weighted by Gasteiger charge is 2.33. The standard InChI is InChI=1S/C25H21F3N2O2S/c26-25(27,28)21-8-4-7-18(13-21)14-29-23(32)19-9-11-20(12-10-19)24-30(22(31)16-33-24)15-17-5-2-1-3-6-17/h1-13,24H,14-16H2,(H,29,32)/t24-/m1/s1. The normalized spacial score (nSPS) is 16.2. The van der Waals surface area contributed by atoms with Gasteiger partial charge in [-0.1, -0.05) is 54.6 Å². The molecule has 170 valence electrons. The lowest BCUT2D eigenvalue weighted by Crippen LogP contribution is -2.27. The third-order valence-electron chi connectivity index (χ3n) is 5.33. The number of hydrogen-bond acceptors (Lipinski definition) is 3. The van der Waals surface area contributed by atoms with Gasteiger partial charge in [0.1, 0.15) is 5.37 Å². The molecule has 3 aromatic rings. The highest BCUT2D eigenvalue weighted by molar-refractivity contribution is 8.00. The molecule has 0 unspecified atom stereocenters. The zero-order valence-electron chi connectivity index (χ0n) is 17.5. The fraction of sp³-hybridized carbons (Fsp3) is 0.200. The fourth-order valence-electron chi connectivity index (χ4n) is 3.62. The molecule has 4 rings (SSSR count). The highest BCUT2D eigenvalue weighted by Crippen LogP contribution is 2.39. The van der Waals surface area contributed by atoms with Crippen molar-refractivity contribution in [1.29, 1.82) is 0 Å². The van der Waals surface area contributed by atoms with Crippen LogP contribution in [0.1, 0.15) is 38.0 Å². The SMILES string of the molecule is O=C(NCc1cccc(C(F)(F)F)c1)c1ccc([C@H]2SCC(=O)N2Cc2ccccc2)cc1. The van der Waals surface area contributed by atoms with Gasteiger partial charge in [0.25, 0.3) is 5.91 Å². The largest absolute Gasteiger partial charge is 0.416 e. The number of thioether (sulfide) groups is 1. The van der Waals surface area contributed by atoms with Crippen molar-refractivity contribution in [2.24, 2.45) is 0 Å². The van der Waals surface area contributed by atoms with Gasteiger partial charge in [-0.25, -0.2) is 0 Å². The molecule has 2 amide bonds. The van der Waals surface area contributed by atoms with E-state index in [-0.39, 0.29) is 23.7 Å². The maximum atomic E-state index is 12.9. The molecule has 0 bridgehead atoms. The summed E-state index contributed by atoms with van der Waals surface area (Å²) in [6.45, 7) is 0.499. The molecule has 0 spiro atoms. The van der Waals surface area contributed by atoms with Crippen LogP contribution in [0.4, 0.5) is 13.2 Å². The van der Waals surface area contributed by atoms with Gasteiger partial charge in [0, 0.05) is 18.7 Å². The maximum Gasteiger partial charge on any atom is 0.416 e. The van der Waals surface area contributed by atoms with Gasteiger partial charge in [0.15, 0.2) is 0 Å². The minimum absolute atomic E-state index is 0.0116. The summed E-state index contributed by atoms with van der Waals surface area (Å²) in [7, 11) is 0. The van der Waals surface area contributed by atoms with Gasteiger partial charge >= 0.3 is 6.18 Å². The Morgan fingerprint density at radius 2 is 1.67 bits per heavy atom. The quantitative estimate of drug-likeness (QED) is 0.524. The van der Waals surface area contributed by atoms with Gasteiger partial charge in [-0.15, -0.1) is 11.8 Å². The van der Waals surface area contributed by atoms with Crippen LogP contribution in [-0.2, 0) is 24.1 Å². The lowest BCUT2D eigenvalue weighted by molar-refractivity contribution is -0.137. The molecule has 8 heteroatoms. The van der Waals surface area contributed by atoms with Gasteiger partial charge in [0.05, 0.1) is 11.3 Å². The van der Waals surface area contributed by atoms with E-state index in [2.05, 4.69) is 5.32 Å². The molecule has 4 nitrogen and oxygen atoms in total. The van der Waals surface area contributed by atoms with Crippen LogP contribution in [0.2, 0.25) is 0 Å². The second kappa shape index (κ2) is 9.70. The Morgan fingerprint density at radius 3 is 2.36 bits per heavy atom. The molecular weight excluding hydrogens is 449 g/mol. The molecular formula is C25H21F3N2O2S. The lowest BCUT2D eigenvalue weighted by atomic mass is 10.1. The average Bonchev–Trinajstić information content (AvgIpc) is 3.18. The number of nitrogens with one attached hydrogen (secondary N) is 1. The number of benzene rings is 3. The summed E-state index contributed by atoms with van der Waals surface area (Å²) in [5.74, 6) is 0.0866. The van der Waals surface area contributed by atoms with Crippen LogP contribution in [-0.4, -0.2) is 22.5 Å². The minimum Gasteiger partial charge on any atom is -0.348 e. The third-order valence-corrected chi connectivity index (χ3v) is 6.59. The van der Waals surface area contributed by atoms with E-state index < -0.39 is 11.7 Å². The zero-order chi connectivity index (χ0) is 23.4. The average molecular weight is 471 g/mol. The summed E-state index contributed by atoms with van der Waals surface area (Å²) in [4.78, 5) is 26.7. The van der Waals surface area contributed by atoms with E-state index in [4.69, 9.17) is 0 Å². The van der Waals surface area contributed by atoms with Crippen LogP contribution in [0.5, 0.6) is 0 Å². The Labute approximate surface area is 193 Å². The lowest BCUT2D eigenvalue weighted by Gasteiger charge is -2.24. The van der Waals surface area contributed by atoms with E-state index in [0.29, 0.717) is 23.4 Å². The van der Waals surface area contributed by atoms with Crippen molar-refractivity contribution in [2.45, 2.75) is 24.6 Å². The van der Waals surface area contributed by atoms with Crippen LogP contribution in [0.25, 0.3) is 0 Å². The molecule has 1 fully saturated rings. The molecule has 1 N–H and O–H groups in total. The smallest absolute Gasteiger partial charge is 0.348 e. The van der Waals surface area contributed by atoms with Crippen molar-refractivity contribution in [3.05, 3.63) is 107 Å². The van der Waals surface area contributed by atoms with Gasteiger partial charge < -0.3 is 10.2 Å². The molecule has 0 aromatic heterocycles. The molecule has 0 aliphatic carbocycles. The summed E-state index contributed by atoms with van der Waals surface area (Å²) in [6.07, 6.45) is -4.43. The zero-order valence-corrected chi connectivity index (χ0v) is 18.3. The maximum absolute atomic E-state index is 12.9. The van der Waals surface area contributed by atoms with E-state index >= 15 is 0 Å². The summed E-state index contributed by atoms with van der Waals surface area (Å²) < 4.78 is 38.6. The molecule has 33 heavy (non-hydrogen) atoms. The molecule has 1 aliphatic heterocycles. The number of amides is 2. The number of halogens is 3. The first-order valence-electron chi connectivity index (χ1n) is 10.3. The number of alkyl halides is 3. The van der Waals surface area contributed by atoms with Gasteiger partial charge in [-0.05, 0) is 41.0 Å². The Hall–Kier alpha value is -3.26. The number of carbonyl (C=O) groups excluding carboxylic acids is 2. The molecule has 1 saturated heterocycles. The van der Waals surface area contributed by atoms with Crippen molar-refractivity contribution < 1.29 is 22.8 Å². The van der Waals surface area contributed by atoms with Crippen LogP contribution in [0, 0.1) is 0 Å². The van der Waals surface area contributed by atoms with E-state index in [1.165, 1.54) is 23.9 Å². The Bertz CT molecular complexity index is 1130. The molecule has 1 aliphatic rings. The summed E-state index contributed by atoms with van der Waals surface area (Å²) in [5.41, 5.74) is 1.98. The predicted molar refractivity (Wildman–Crippen MR) is 121 cm³/mol. The van der Waals surface area contributed by atoms with E-state index in [1.807, 2.05) is 47.4 Å². The second-order valence-corrected chi connectivity index (χ2v) is 8.74. The molecule has 0 radical (unpaired) electrons. The van der Waals surface area contributed by atoms with Crippen LogP contribution in [0.15, 0.2) is 78.9 Å².